The maximum atomic E-state index is 12.0. The van der Waals surface area contributed by atoms with Crippen molar-refractivity contribution < 1.29 is 14.4 Å². The first-order chi connectivity index (χ1) is 15.4. The fourth-order valence-corrected chi connectivity index (χ4v) is 4.59. The molecule has 2 amide bonds. The number of carbonyl (C=O) groups is 3. The van der Waals surface area contributed by atoms with Crippen molar-refractivity contribution in [2.24, 2.45) is 0 Å². The molecule has 0 saturated carbocycles. The first-order valence-electron chi connectivity index (χ1n) is 11.2. The molecule has 3 unspecified atom stereocenters. The van der Waals surface area contributed by atoms with Gasteiger partial charge in [0.1, 0.15) is 6.04 Å². The number of aryl methyl sites for hydroxylation is 1. The minimum atomic E-state index is -0.340. The molecule has 2 aromatic rings. The Bertz CT molecular complexity index is 845. The number of nitrogens with zero attached hydrogens (tertiary/aromatic N) is 1. The molecule has 1 fully saturated rings. The molecule has 2 aromatic carbocycles. The number of likely N-dealkylation sites (tertiary alicyclic amines) is 1. The molecule has 1 aliphatic heterocycles. The van der Waals surface area contributed by atoms with Gasteiger partial charge in [-0.3, -0.25) is 14.4 Å². The third-order valence-electron chi connectivity index (χ3n) is 5.49. The Morgan fingerprint density at radius 1 is 1.09 bits per heavy atom. The summed E-state index contributed by atoms with van der Waals surface area (Å²) in [4.78, 5) is 35.1. The fraction of sp³-hybridized carbons (Fsp3) is 0.423. The van der Waals surface area contributed by atoms with E-state index in [-0.39, 0.29) is 23.1 Å². The Morgan fingerprint density at radius 2 is 1.66 bits per heavy atom. The van der Waals surface area contributed by atoms with E-state index in [2.05, 4.69) is 48.6 Å². The molecule has 1 aliphatic rings. The van der Waals surface area contributed by atoms with Crippen LogP contribution in [-0.4, -0.2) is 46.2 Å². The van der Waals surface area contributed by atoms with Gasteiger partial charge >= 0.3 is 0 Å². The van der Waals surface area contributed by atoms with Gasteiger partial charge in [-0.1, -0.05) is 79.3 Å². The van der Waals surface area contributed by atoms with Crippen LogP contribution in [-0.2, 0) is 27.2 Å². The van der Waals surface area contributed by atoms with E-state index in [9.17, 15) is 14.4 Å². The number of benzene rings is 2. The SMILES string of the molecule is CC(=O)SC(C)CCc1ccccc1.CC1CC(NC=O)C(=O)N1CCc1ccccc1. The van der Waals surface area contributed by atoms with E-state index in [1.165, 1.54) is 22.9 Å². The molecule has 1 heterocycles. The summed E-state index contributed by atoms with van der Waals surface area (Å²) in [6.45, 7) is 6.47. The van der Waals surface area contributed by atoms with Crippen LogP contribution in [0, 0.1) is 0 Å². The first kappa shape index (κ1) is 25.7. The van der Waals surface area contributed by atoms with Gasteiger partial charge in [0.25, 0.3) is 0 Å². The number of amides is 2. The van der Waals surface area contributed by atoms with Gasteiger partial charge in [0, 0.05) is 24.8 Å². The van der Waals surface area contributed by atoms with E-state index in [4.69, 9.17) is 0 Å². The van der Waals surface area contributed by atoms with E-state index in [1.807, 2.05) is 36.1 Å². The minimum absolute atomic E-state index is 0.0329. The van der Waals surface area contributed by atoms with Gasteiger partial charge in [0.15, 0.2) is 5.12 Å². The van der Waals surface area contributed by atoms with Crippen molar-refractivity contribution in [3.63, 3.8) is 0 Å². The number of hydrogen-bond donors (Lipinski definition) is 1. The predicted molar refractivity (Wildman–Crippen MR) is 131 cm³/mol. The highest BCUT2D eigenvalue weighted by molar-refractivity contribution is 8.14. The number of rotatable bonds is 9. The summed E-state index contributed by atoms with van der Waals surface area (Å²) in [7, 11) is 0. The summed E-state index contributed by atoms with van der Waals surface area (Å²) < 4.78 is 0. The standard InChI is InChI=1S/C14H18N2O2.C12H16OS/c1-11-9-13(15-10-17)14(18)16(11)8-7-12-5-3-2-4-6-12;1-10(14-11(2)13)8-9-12-6-4-3-5-7-12/h2-6,10-11,13H,7-9H2,1H3,(H,15,17);3-7,10H,8-9H2,1-2H3. The van der Waals surface area contributed by atoms with Crippen LogP contribution in [0.25, 0.3) is 0 Å². The van der Waals surface area contributed by atoms with Crippen molar-refractivity contribution in [3.8, 4) is 0 Å². The van der Waals surface area contributed by atoms with Gasteiger partial charge in [-0.05, 0) is 43.7 Å². The number of hydrogen-bond acceptors (Lipinski definition) is 4. The van der Waals surface area contributed by atoms with Crippen LogP contribution in [0.3, 0.4) is 0 Å². The lowest BCUT2D eigenvalue weighted by Crippen LogP contribution is -2.39. The van der Waals surface area contributed by atoms with Crippen molar-refractivity contribution in [1.29, 1.82) is 0 Å². The van der Waals surface area contributed by atoms with E-state index in [0.717, 1.165) is 19.3 Å². The third-order valence-corrected chi connectivity index (χ3v) is 6.46. The molecule has 0 radical (unpaired) electrons. The van der Waals surface area contributed by atoms with E-state index >= 15 is 0 Å². The zero-order valence-electron chi connectivity index (χ0n) is 19.2. The lowest BCUT2D eigenvalue weighted by atomic mass is 10.1. The molecular weight excluding hydrogens is 420 g/mol. The largest absolute Gasteiger partial charge is 0.347 e. The maximum absolute atomic E-state index is 12.0. The summed E-state index contributed by atoms with van der Waals surface area (Å²) in [5.41, 5.74) is 2.58. The molecule has 5 nitrogen and oxygen atoms in total. The van der Waals surface area contributed by atoms with Gasteiger partial charge < -0.3 is 10.2 Å². The highest BCUT2D eigenvalue weighted by Gasteiger charge is 2.36. The van der Waals surface area contributed by atoms with Crippen LogP contribution in [0.5, 0.6) is 0 Å². The van der Waals surface area contributed by atoms with Crippen molar-refractivity contribution in [3.05, 3.63) is 71.8 Å². The Labute approximate surface area is 196 Å². The van der Waals surface area contributed by atoms with Crippen molar-refractivity contribution >= 4 is 29.2 Å². The van der Waals surface area contributed by atoms with Crippen molar-refractivity contribution in [2.75, 3.05) is 6.54 Å². The highest BCUT2D eigenvalue weighted by atomic mass is 32.2. The van der Waals surface area contributed by atoms with Crippen LogP contribution in [0.2, 0.25) is 0 Å². The van der Waals surface area contributed by atoms with Gasteiger partial charge in [-0.25, -0.2) is 0 Å². The topological polar surface area (TPSA) is 66.5 Å². The zero-order valence-corrected chi connectivity index (χ0v) is 20.0. The quantitative estimate of drug-likeness (QED) is 0.575. The minimum Gasteiger partial charge on any atom is -0.347 e. The molecule has 1 saturated heterocycles. The maximum Gasteiger partial charge on any atom is 0.245 e. The summed E-state index contributed by atoms with van der Waals surface area (Å²) >= 11 is 1.43. The molecule has 172 valence electrons. The second kappa shape index (κ2) is 13.7. The second-order valence-corrected chi connectivity index (χ2v) is 9.75. The van der Waals surface area contributed by atoms with Gasteiger partial charge in [0.05, 0.1) is 0 Å². The Kier molecular flexibility index (Phi) is 11.0. The van der Waals surface area contributed by atoms with E-state index < -0.39 is 0 Å². The molecule has 3 atom stereocenters. The molecule has 0 spiro atoms. The normalized spacial score (nSPS) is 18.5. The predicted octanol–water partition coefficient (Wildman–Crippen LogP) is 4.25. The van der Waals surface area contributed by atoms with Crippen molar-refractivity contribution in [1.82, 2.24) is 10.2 Å². The molecule has 0 aromatic heterocycles. The van der Waals surface area contributed by atoms with Gasteiger partial charge in [-0.15, -0.1) is 0 Å². The monoisotopic (exact) mass is 454 g/mol. The van der Waals surface area contributed by atoms with E-state index in [1.54, 1.807) is 6.92 Å². The molecule has 0 bridgehead atoms. The third kappa shape index (κ3) is 8.87. The van der Waals surface area contributed by atoms with Crippen LogP contribution >= 0.6 is 11.8 Å². The van der Waals surface area contributed by atoms with Crippen LogP contribution in [0.4, 0.5) is 0 Å². The average Bonchev–Trinajstić information content (AvgIpc) is 3.05. The molecule has 3 rings (SSSR count). The summed E-state index contributed by atoms with van der Waals surface area (Å²) in [5, 5.41) is 3.22. The smallest absolute Gasteiger partial charge is 0.245 e. The first-order valence-corrected chi connectivity index (χ1v) is 12.0. The molecular formula is C26H34N2O3S. The highest BCUT2D eigenvalue weighted by Crippen LogP contribution is 2.19. The molecule has 1 N–H and O–H groups in total. The summed E-state index contributed by atoms with van der Waals surface area (Å²) in [5.74, 6) is 0.0329. The van der Waals surface area contributed by atoms with Crippen LogP contribution < -0.4 is 5.32 Å². The Hall–Kier alpha value is -2.60. The zero-order chi connectivity index (χ0) is 23.3. The van der Waals surface area contributed by atoms with Gasteiger partial charge in [-0.2, -0.15) is 0 Å². The average molecular weight is 455 g/mol. The Morgan fingerprint density at radius 3 is 2.19 bits per heavy atom. The lowest BCUT2D eigenvalue weighted by molar-refractivity contribution is -0.131. The molecule has 32 heavy (non-hydrogen) atoms. The van der Waals surface area contributed by atoms with Crippen molar-refractivity contribution in [2.45, 2.75) is 63.8 Å². The number of nitrogens with one attached hydrogen (secondary N) is 1. The molecule has 0 aliphatic carbocycles. The van der Waals surface area contributed by atoms with Crippen LogP contribution in [0.1, 0.15) is 44.7 Å². The van der Waals surface area contributed by atoms with E-state index in [0.29, 0.717) is 24.6 Å². The lowest BCUT2D eigenvalue weighted by Gasteiger charge is -2.21. The number of carbonyl (C=O) groups excluding carboxylic acids is 3. The number of thioether (sulfide) groups is 1. The second-order valence-electron chi connectivity index (χ2n) is 8.13. The summed E-state index contributed by atoms with van der Waals surface area (Å²) in [6.07, 6.45) is 4.28. The van der Waals surface area contributed by atoms with Crippen LogP contribution in [0.15, 0.2) is 60.7 Å². The Balaban J connectivity index is 0.000000235. The fourth-order valence-electron chi connectivity index (χ4n) is 3.79. The van der Waals surface area contributed by atoms with Gasteiger partial charge in [0.2, 0.25) is 12.3 Å². The summed E-state index contributed by atoms with van der Waals surface area (Å²) in [6, 6.07) is 20.4. The molecule has 6 heteroatoms.